The Hall–Kier alpha value is -1.16. The maximum Gasteiger partial charge on any atom is 0.246 e. The van der Waals surface area contributed by atoms with Crippen LogP contribution < -0.4 is 5.32 Å². The minimum atomic E-state index is -0.289. The van der Waals surface area contributed by atoms with Gasteiger partial charge in [0.25, 0.3) is 0 Å². The van der Waals surface area contributed by atoms with Gasteiger partial charge in [0.15, 0.2) is 0 Å². The quantitative estimate of drug-likeness (QED) is 0.541. The van der Waals surface area contributed by atoms with E-state index < -0.39 is 0 Å². The summed E-state index contributed by atoms with van der Waals surface area (Å²) < 4.78 is 0. The van der Waals surface area contributed by atoms with Crippen molar-refractivity contribution in [3.05, 3.63) is 12.2 Å². The topological polar surface area (TPSA) is 49.4 Å². The van der Waals surface area contributed by atoms with Crippen LogP contribution in [0.2, 0.25) is 0 Å². The van der Waals surface area contributed by atoms with Crippen molar-refractivity contribution in [3.8, 4) is 0 Å². The molecule has 0 radical (unpaired) electrons. The number of likely N-dealkylation sites (tertiary alicyclic amines) is 1. The van der Waals surface area contributed by atoms with E-state index in [1.54, 1.807) is 0 Å². The molecule has 0 saturated carbocycles. The number of nitrogens with zero attached hydrogens (tertiary/aromatic N) is 1. The molecule has 1 heterocycles. The first-order valence-corrected chi connectivity index (χ1v) is 5.47. The maximum atomic E-state index is 11.8. The number of amides is 2. The molecule has 1 saturated heterocycles. The van der Waals surface area contributed by atoms with Gasteiger partial charge in [0.1, 0.15) is 0 Å². The van der Waals surface area contributed by atoms with Crippen LogP contribution in [0.15, 0.2) is 12.2 Å². The van der Waals surface area contributed by atoms with E-state index in [-0.39, 0.29) is 17.9 Å². The Bertz CT molecular complexity index is 304. The highest BCUT2D eigenvalue weighted by Crippen LogP contribution is 2.16. The highest BCUT2D eigenvalue weighted by atomic mass is 16.2. The van der Waals surface area contributed by atoms with Gasteiger partial charge in [0.05, 0.1) is 12.5 Å². The van der Waals surface area contributed by atoms with Gasteiger partial charge in [-0.3, -0.25) is 14.5 Å². The highest BCUT2D eigenvalue weighted by Gasteiger charge is 2.38. The fourth-order valence-electron chi connectivity index (χ4n) is 2.18. The molecule has 2 rings (SSSR count). The molecule has 82 valence electrons. The van der Waals surface area contributed by atoms with Crippen LogP contribution in [0.5, 0.6) is 0 Å². The molecule has 15 heavy (non-hydrogen) atoms. The van der Waals surface area contributed by atoms with E-state index >= 15 is 0 Å². The molecule has 2 amide bonds. The predicted octanol–water partition coefficient (Wildman–Crippen LogP) is 0.442. The molecule has 0 aromatic heterocycles. The van der Waals surface area contributed by atoms with Crippen molar-refractivity contribution in [2.75, 3.05) is 6.54 Å². The number of imide groups is 1. The van der Waals surface area contributed by atoms with Crippen molar-refractivity contribution in [2.24, 2.45) is 0 Å². The van der Waals surface area contributed by atoms with Gasteiger partial charge in [0, 0.05) is 12.6 Å². The molecule has 1 aliphatic carbocycles. The van der Waals surface area contributed by atoms with E-state index in [9.17, 15) is 9.59 Å². The van der Waals surface area contributed by atoms with Crippen LogP contribution in [0.3, 0.4) is 0 Å². The summed E-state index contributed by atoms with van der Waals surface area (Å²) in [4.78, 5) is 24.5. The van der Waals surface area contributed by atoms with Crippen LogP contribution >= 0.6 is 0 Å². The summed E-state index contributed by atoms with van der Waals surface area (Å²) >= 11 is 0. The lowest BCUT2D eigenvalue weighted by molar-refractivity contribution is -0.138. The Kier molecular flexibility index (Phi) is 2.86. The lowest BCUT2D eigenvalue weighted by atomic mass is 10.1. The summed E-state index contributed by atoms with van der Waals surface area (Å²) in [5.74, 6) is -0.111. The van der Waals surface area contributed by atoms with Crippen LogP contribution in [-0.4, -0.2) is 35.3 Å². The largest absolute Gasteiger partial charge is 0.302 e. The maximum absolute atomic E-state index is 11.8. The second kappa shape index (κ2) is 4.14. The van der Waals surface area contributed by atoms with Crippen molar-refractivity contribution in [1.82, 2.24) is 10.2 Å². The molecule has 0 aromatic rings. The van der Waals surface area contributed by atoms with Crippen molar-refractivity contribution >= 4 is 11.8 Å². The van der Waals surface area contributed by atoms with E-state index in [0.717, 1.165) is 12.8 Å². The first-order valence-electron chi connectivity index (χ1n) is 5.47. The molecule has 1 aliphatic heterocycles. The summed E-state index contributed by atoms with van der Waals surface area (Å²) in [6, 6.07) is 0.0471. The molecule has 1 unspecified atom stereocenters. The summed E-state index contributed by atoms with van der Waals surface area (Å²) in [6.07, 6.45) is 6.46. The SMILES string of the molecule is CCN1C(=O)CC(NC2CC=CC2)C1=O. The molecule has 4 heteroatoms. The van der Waals surface area contributed by atoms with Gasteiger partial charge >= 0.3 is 0 Å². The third-order valence-corrected chi connectivity index (χ3v) is 3.00. The number of likely N-dealkylation sites (N-methyl/N-ethyl adjacent to an activating group) is 1. The second-order valence-corrected chi connectivity index (χ2v) is 4.04. The molecule has 0 aromatic carbocycles. The van der Waals surface area contributed by atoms with E-state index in [1.807, 2.05) is 6.92 Å². The minimum absolute atomic E-state index is 0.0500. The molecule has 0 bridgehead atoms. The zero-order valence-electron chi connectivity index (χ0n) is 8.90. The molecule has 1 N–H and O–H groups in total. The number of carbonyl (C=O) groups excluding carboxylic acids is 2. The Balaban J connectivity index is 1.94. The molecule has 1 fully saturated rings. The summed E-state index contributed by atoms with van der Waals surface area (Å²) in [6.45, 7) is 2.31. The molecule has 2 aliphatic rings. The monoisotopic (exact) mass is 208 g/mol. The van der Waals surface area contributed by atoms with Gasteiger partial charge in [-0.2, -0.15) is 0 Å². The third kappa shape index (κ3) is 1.95. The summed E-state index contributed by atoms with van der Waals surface area (Å²) in [5.41, 5.74) is 0. The van der Waals surface area contributed by atoms with Gasteiger partial charge in [-0.05, 0) is 19.8 Å². The predicted molar refractivity (Wildman–Crippen MR) is 56.1 cm³/mol. The lowest BCUT2D eigenvalue weighted by Crippen LogP contribution is -2.42. The van der Waals surface area contributed by atoms with Crippen molar-refractivity contribution in [3.63, 3.8) is 0 Å². The van der Waals surface area contributed by atoms with Crippen LogP contribution in [0, 0.1) is 0 Å². The van der Waals surface area contributed by atoms with Crippen LogP contribution in [-0.2, 0) is 9.59 Å². The average Bonchev–Trinajstić information content (AvgIpc) is 2.78. The molecule has 1 atom stereocenters. The third-order valence-electron chi connectivity index (χ3n) is 3.00. The molecular weight excluding hydrogens is 192 g/mol. The highest BCUT2D eigenvalue weighted by molar-refractivity contribution is 6.05. The van der Waals surface area contributed by atoms with Gasteiger partial charge in [-0.25, -0.2) is 0 Å². The van der Waals surface area contributed by atoms with Crippen LogP contribution in [0.4, 0.5) is 0 Å². The van der Waals surface area contributed by atoms with Gasteiger partial charge in [0.2, 0.25) is 11.8 Å². The molecule has 4 nitrogen and oxygen atoms in total. The zero-order chi connectivity index (χ0) is 10.8. The standard InChI is InChI=1S/C11H16N2O2/c1-2-13-10(14)7-9(11(13)15)12-8-5-3-4-6-8/h3-4,8-9,12H,2,5-7H2,1H3. The van der Waals surface area contributed by atoms with E-state index in [1.165, 1.54) is 4.90 Å². The van der Waals surface area contributed by atoms with Crippen molar-refractivity contribution in [2.45, 2.75) is 38.3 Å². The van der Waals surface area contributed by atoms with Crippen molar-refractivity contribution in [1.29, 1.82) is 0 Å². The number of hydrogen-bond acceptors (Lipinski definition) is 3. The first kappa shape index (κ1) is 10.4. The normalized spacial score (nSPS) is 27.0. The van der Waals surface area contributed by atoms with E-state index in [0.29, 0.717) is 19.0 Å². The van der Waals surface area contributed by atoms with Gasteiger partial charge in [-0.15, -0.1) is 0 Å². The fourth-order valence-corrected chi connectivity index (χ4v) is 2.18. The Morgan fingerprint density at radius 3 is 2.60 bits per heavy atom. The number of rotatable bonds is 3. The van der Waals surface area contributed by atoms with Crippen LogP contribution in [0.1, 0.15) is 26.2 Å². The first-order chi connectivity index (χ1) is 7.22. The fraction of sp³-hybridized carbons (Fsp3) is 0.636. The average molecular weight is 208 g/mol. The second-order valence-electron chi connectivity index (χ2n) is 4.04. The van der Waals surface area contributed by atoms with Crippen LogP contribution in [0.25, 0.3) is 0 Å². The Morgan fingerprint density at radius 1 is 1.40 bits per heavy atom. The lowest BCUT2D eigenvalue weighted by Gasteiger charge is -2.17. The van der Waals surface area contributed by atoms with E-state index in [2.05, 4.69) is 17.5 Å². The molecular formula is C11H16N2O2. The van der Waals surface area contributed by atoms with Gasteiger partial charge in [-0.1, -0.05) is 12.2 Å². The number of hydrogen-bond donors (Lipinski definition) is 1. The molecule has 0 spiro atoms. The van der Waals surface area contributed by atoms with Crippen molar-refractivity contribution < 1.29 is 9.59 Å². The zero-order valence-corrected chi connectivity index (χ0v) is 8.90. The Morgan fingerprint density at radius 2 is 2.07 bits per heavy atom. The van der Waals surface area contributed by atoms with E-state index in [4.69, 9.17) is 0 Å². The Labute approximate surface area is 89.3 Å². The summed E-state index contributed by atoms with van der Waals surface area (Å²) in [7, 11) is 0. The number of nitrogens with one attached hydrogen (secondary N) is 1. The minimum Gasteiger partial charge on any atom is -0.302 e. The van der Waals surface area contributed by atoms with Gasteiger partial charge < -0.3 is 5.32 Å². The smallest absolute Gasteiger partial charge is 0.246 e. The summed E-state index contributed by atoms with van der Waals surface area (Å²) in [5, 5.41) is 3.25. The number of carbonyl (C=O) groups is 2.